The third-order valence-electron chi connectivity index (χ3n) is 3.81. The highest BCUT2D eigenvalue weighted by molar-refractivity contribution is 4.94. The van der Waals surface area contributed by atoms with Crippen molar-refractivity contribution in [1.82, 2.24) is 4.90 Å². The van der Waals surface area contributed by atoms with Gasteiger partial charge in [-0.2, -0.15) is 0 Å². The van der Waals surface area contributed by atoms with Gasteiger partial charge in [0.1, 0.15) is 0 Å². The Morgan fingerprint density at radius 2 is 1.94 bits per heavy atom. The minimum atomic E-state index is -0.253. The zero-order valence-electron chi connectivity index (χ0n) is 10.9. The smallest absolute Gasteiger partial charge is 0.0639 e. The van der Waals surface area contributed by atoms with E-state index in [0.29, 0.717) is 0 Å². The maximum atomic E-state index is 9.61. The van der Waals surface area contributed by atoms with Gasteiger partial charge in [-0.15, -0.1) is 0 Å². The highest BCUT2D eigenvalue weighted by Crippen LogP contribution is 2.33. The van der Waals surface area contributed by atoms with E-state index in [1.807, 2.05) is 6.92 Å². The highest BCUT2D eigenvalue weighted by Gasteiger charge is 2.36. The van der Waals surface area contributed by atoms with Crippen molar-refractivity contribution in [1.29, 1.82) is 0 Å². The fraction of sp³-hybridized carbons (Fsp3) is 1.00. The van der Waals surface area contributed by atoms with Crippen LogP contribution in [0.5, 0.6) is 0 Å². The van der Waals surface area contributed by atoms with Gasteiger partial charge in [-0.1, -0.05) is 26.2 Å². The Balaban J connectivity index is 2.70. The van der Waals surface area contributed by atoms with Gasteiger partial charge in [0.25, 0.3) is 0 Å². The monoisotopic (exact) mass is 228 g/mol. The molecule has 16 heavy (non-hydrogen) atoms. The van der Waals surface area contributed by atoms with Gasteiger partial charge in [-0.25, -0.2) is 0 Å². The lowest BCUT2D eigenvalue weighted by Crippen LogP contribution is -2.56. The molecule has 0 radical (unpaired) electrons. The average molecular weight is 228 g/mol. The number of hydrogen-bond donors (Lipinski definition) is 2. The van der Waals surface area contributed by atoms with Crippen LogP contribution in [-0.2, 0) is 0 Å². The van der Waals surface area contributed by atoms with Gasteiger partial charge in [0.15, 0.2) is 0 Å². The molecular formula is C13H28N2O. The summed E-state index contributed by atoms with van der Waals surface area (Å²) in [5.41, 5.74) is 6.19. The fourth-order valence-corrected chi connectivity index (χ4v) is 2.97. The van der Waals surface area contributed by atoms with E-state index in [1.165, 1.54) is 32.1 Å². The Hall–Kier alpha value is -0.120. The lowest BCUT2D eigenvalue weighted by atomic mass is 9.80. The summed E-state index contributed by atoms with van der Waals surface area (Å²) in [7, 11) is 0. The van der Waals surface area contributed by atoms with Crippen molar-refractivity contribution in [2.45, 2.75) is 64.0 Å². The second-order valence-corrected chi connectivity index (χ2v) is 5.28. The SMILES string of the molecule is CCCN(CC(C)O)C1(CN)CCCCC1. The van der Waals surface area contributed by atoms with Crippen LogP contribution in [0.3, 0.4) is 0 Å². The number of hydrogen-bond acceptors (Lipinski definition) is 3. The first kappa shape index (κ1) is 13.9. The lowest BCUT2D eigenvalue weighted by Gasteiger charge is -2.46. The number of nitrogens with two attached hydrogens (primary N) is 1. The Morgan fingerprint density at radius 1 is 1.31 bits per heavy atom. The van der Waals surface area contributed by atoms with E-state index in [0.717, 1.165) is 26.1 Å². The van der Waals surface area contributed by atoms with Crippen LogP contribution in [0.2, 0.25) is 0 Å². The van der Waals surface area contributed by atoms with Gasteiger partial charge in [0.2, 0.25) is 0 Å². The summed E-state index contributed by atoms with van der Waals surface area (Å²) in [5, 5.41) is 9.61. The van der Waals surface area contributed by atoms with Crippen LogP contribution in [0.4, 0.5) is 0 Å². The highest BCUT2D eigenvalue weighted by atomic mass is 16.3. The molecule has 0 aromatic rings. The molecule has 1 atom stereocenters. The minimum Gasteiger partial charge on any atom is -0.392 e. The molecular weight excluding hydrogens is 200 g/mol. The van der Waals surface area contributed by atoms with Crippen LogP contribution in [0, 0.1) is 0 Å². The minimum absolute atomic E-state index is 0.172. The van der Waals surface area contributed by atoms with E-state index in [-0.39, 0.29) is 11.6 Å². The van der Waals surface area contributed by atoms with Crippen molar-refractivity contribution in [2.75, 3.05) is 19.6 Å². The third-order valence-corrected chi connectivity index (χ3v) is 3.81. The molecule has 1 unspecified atom stereocenters. The predicted octanol–water partition coefficient (Wildman–Crippen LogP) is 1.74. The molecule has 1 saturated carbocycles. The zero-order valence-corrected chi connectivity index (χ0v) is 10.9. The second-order valence-electron chi connectivity index (χ2n) is 5.28. The molecule has 1 aliphatic carbocycles. The van der Waals surface area contributed by atoms with Crippen molar-refractivity contribution < 1.29 is 5.11 Å². The predicted molar refractivity (Wildman–Crippen MR) is 68.4 cm³/mol. The van der Waals surface area contributed by atoms with Crippen LogP contribution in [0.25, 0.3) is 0 Å². The van der Waals surface area contributed by atoms with Crippen LogP contribution in [0.15, 0.2) is 0 Å². The molecule has 0 bridgehead atoms. The van der Waals surface area contributed by atoms with Gasteiger partial charge in [-0.3, -0.25) is 4.90 Å². The largest absolute Gasteiger partial charge is 0.392 e. The molecule has 0 saturated heterocycles. The van der Waals surface area contributed by atoms with Crippen molar-refractivity contribution in [3.05, 3.63) is 0 Å². The number of nitrogens with zero attached hydrogens (tertiary/aromatic N) is 1. The summed E-state index contributed by atoms with van der Waals surface area (Å²) < 4.78 is 0. The lowest BCUT2D eigenvalue weighted by molar-refractivity contribution is 0.0195. The molecule has 0 aromatic heterocycles. The Bertz CT molecular complexity index is 188. The summed E-state index contributed by atoms with van der Waals surface area (Å²) >= 11 is 0. The molecule has 1 fully saturated rings. The van der Waals surface area contributed by atoms with Crippen LogP contribution >= 0.6 is 0 Å². The number of aliphatic hydroxyl groups excluding tert-OH is 1. The van der Waals surface area contributed by atoms with E-state index >= 15 is 0 Å². The van der Waals surface area contributed by atoms with Gasteiger partial charge in [-0.05, 0) is 32.7 Å². The van der Waals surface area contributed by atoms with Crippen LogP contribution in [0.1, 0.15) is 52.4 Å². The maximum Gasteiger partial charge on any atom is 0.0639 e. The number of rotatable bonds is 6. The van der Waals surface area contributed by atoms with Gasteiger partial charge < -0.3 is 10.8 Å². The quantitative estimate of drug-likeness (QED) is 0.728. The second kappa shape index (κ2) is 6.58. The topological polar surface area (TPSA) is 49.5 Å². The van der Waals surface area contributed by atoms with E-state index in [2.05, 4.69) is 11.8 Å². The Labute approximate surface area is 100 Å². The van der Waals surface area contributed by atoms with Gasteiger partial charge >= 0.3 is 0 Å². The van der Waals surface area contributed by atoms with Crippen molar-refractivity contribution in [2.24, 2.45) is 5.73 Å². The van der Waals surface area contributed by atoms with E-state index < -0.39 is 0 Å². The summed E-state index contributed by atoms with van der Waals surface area (Å²) in [6.45, 7) is 6.63. The normalized spacial score (nSPS) is 22.3. The van der Waals surface area contributed by atoms with Crippen LogP contribution < -0.4 is 5.73 Å². The van der Waals surface area contributed by atoms with E-state index in [1.54, 1.807) is 0 Å². The first-order chi connectivity index (χ1) is 7.64. The maximum absolute atomic E-state index is 9.61. The summed E-state index contributed by atoms with van der Waals surface area (Å²) in [6, 6.07) is 0. The molecule has 96 valence electrons. The van der Waals surface area contributed by atoms with E-state index in [9.17, 15) is 5.11 Å². The number of β-amino-alcohol motifs (C(OH)–C–C–N with tert-alkyl or cyclic N) is 1. The molecule has 3 N–H and O–H groups in total. The standard InChI is InChI=1S/C13H28N2O/c1-3-9-15(10-12(2)16)13(11-14)7-5-4-6-8-13/h12,16H,3-11,14H2,1-2H3. The Morgan fingerprint density at radius 3 is 2.38 bits per heavy atom. The third kappa shape index (κ3) is 3.44. The molecule has 0 aromatic carbocycles. The van der Waals surface area contributed by atoms with Crippen molar-refractivity contribution in [3.8, 4) is 0 Å². The Kier molecular flexibility index (Phi) is 5.73. The fourth-order valence-electron chi connectivity index (χ4n) is 2.97. The van der Waals surface area contributed by atoms with Crippen molar-refractivity contribution in [3.63, 3.8) is 0 Å². The van der Waals surface area contributed by atoms with E-state index in [4.69, 9.17) is 5.73 Å². The van der Waals surface area contributed by atoms with Crippen molar-refractivity contribution >= 4 is 0 Å². The molecule has 0 heterocycles. The molecule has 3 heteroatoms. The molecule has 0 spiro atoms. The van der Waals surface area contributed by atoms with Gasteiger partial charge in [0.05, 0.1) is 6.10 Å². The summed E-state index contributed by atoms with van der Waals surface area (Å²) in [4.78, 5) is 2.44. The first-order valence-corrected chi connectivity index (χ1v) is 6.78. The molecule has 1 rings (SSSR count). The summed E-state index contributed by atoms with van der Waals surface area (Å²) in [5.74, 6) is 0. The molecule has 0 amide bonds. The molecule has 3 nitrogen and oxygen atoms in total. The van der Waals surface area contributed by atoms with Crippen LogP contribution in [-0.4, -0.2) is 41.3 Å². The summed E-state index contributed by atoms with van der Waals surface area (Å²) in [6.07, 6.45) is 7.21. The molecule has 0 aliphatic heterocycles. The first-order valence-electron chi connectivity index (χ1n) is 6.78. The van der Waals surface area contributed by atoms with Gasteiger partial charge in [0, 0.05) is 18.6 Å². The number of aliphatic hydroxyl groups is 1. The average Bonchev–Trinajstić information content (AvgIpc) is 2.29. The zero-order chi connectivity index (χ0) is 12.0. The molecule has 1 aliphatic rings.